The molecule has 20 heavy (non-hydrogen) atoms. The van der Waals surface area contributed by atoms with Crippen LogP contribution in [0.4, 0.5) is 5.82 Å². The van der Waals surface area contributed by atoms with Crippen LogP contribution in [-0.4, -0.2) is 36.3 Å². The number of carbonyl (C=O) groups excluding carboxylic acids is 1. The van der Waals surface area contributed by atoms with E-state index < -0.39 is 15.3 Å². The summed E-state index contributed by atoms with van der Waals surface area (Å²) in [7, 11) is -3.71. The lowest BCUT2D eigenvalue weighted by Gasteiger charge is -2.12. The molecule has 7 nitrogen and oxygen atoms in total. The number of nitrogens with one attached hydrogen (secondary N) is 1. The lowest BCUT2D eigenvalue weighted by atomic mass is 10.3. The fourth-order valence-corrected chi connectivity index (χ4v) is 3.55. The average Bonchev–Trinajstić information content (AvgIpc) is 3.06. The van der Waals surface area contributed by atoms with E-state index in [2.05, 4.69) is 10.2 Å². The minimum atomic E-state index is -3.71. The van der Waals surface area contributed by atoms with Crippen molar-refractivity contribution in [2.24, 2.45) is 5.14 Å². The minimum absolute atomic E-state index is 0.0480. The molecule has 106 valence electrons. The van der Waals surface area contributed by atoms with E-state index in [9.17, 15) is 13.2 Å². The molecule has 2 aromatic rings. The Bertz CT molecular complexity index is 736. The van der Waals surface area contributed by atoms with Gasteiger partial charge in [0, 0.05) is 19.0 Å². The second-order valence-corrected chi connectivity index (χ2v) is 7.33. The van der Waals surface area contributed by atoms with E-state index in [1.165, 1.54) is 4.90 Å². The fraction of sp³-hybridized carbons (Fsp3) is 0.273. The number of carbonyl (C=O) groups is 1. The van der Waals surface area contributed by atoms with Crippen LogP contribution < -0.4 is 10.0 Å². The molecule has 3 heterocycles. The van der Waals surface area contributed by atoms with E-state index in [0.717, 1.165) is 10.6 Å². The number of H-pyrrole nitrogens is 1. The highest BCUT2D eigenvalue weighted by molar-refractivity contribution is 7.89. The van der Waals surface area contributed by atoms with Gasteiger partial charge in [0.15, 0.2) is 5.82 Å². The van der Waals surface area contributed by atoms with Crippen LogP contribution in [0.1, 0.15) is 6.42 Å². The summed E-state index contributed by atoms with van der Waals surface area (Å²) < 4.78 is 22.6. The number of nitrogens with two attached hydrogens (primary N) is 1. The average molecular weight is 312 g/mol. The molecule has 1 aliphatic rings. The molecule has 3 N–H and O–H groups in total. The SMILES string of the molecule is NS(=O)(=O)C1CC(=O)N(c2cc(-c3cccs3)[nH]n2)C1. The van der Waals surface area contributed by atoms with Gasteiger partial charge < -0.3 is 0 Å². The lowest BCUT2D eigenvalue weighted by molar-refractivity contribution is -0.117. The summed E-state index contributed by atoms with van der Waals surface area (Å²) >= 11 is 1.55. The van der Waals surface area contributed by atoms with E-state index in [0.29, 0.717) is 5.82 Å². The van der Waals surface area contributed by atoms with Gasteiger partial charge in [-0.05, 0) is 11.4 Å². The van der Waals surface area contributed by atoms with Gasteiger partial charge in [-0.2, -0.15) is 5.10 Å². The van der Waals surface area contributed by atoms with Crippen LogP contribution in [0.15, 0.2) is 23.6 Å². The highest BCUT2D eigenvalue weighted by atomic mass is 32.2. The maximum atomic E-state index is 11.9. The molecule has 3 rings (SSSR count). The topological polar surface area (TPSA) is 109 Å². The first kappa shape index (κ1) is 13.3. The maximum Gasteiger partial charge on any atom is 0.229 e. The third-order valence-electron chi connectivity index (χ3n) is 3.18. The summed E-state index contributed by atoms with van der Waals surface area (Å²) in [6.45, 7) is 0.0480. The van der Waals surface area contributed by atoms with Gasteiger partial charge in [0.25, 0.3) is 0 Å². The third-order valence-corrected chi connectivity index (χ3v) is 5.33. The van der Waals surface area contributed by atoms with Gasteiger partial charge in [-0.1, -0.05) is 6.07 Å². The maximum absolute atomic E-state index is 11.9. The van der Waals surface area contributed by atoms with Gasteiger partial charge >= 0.3 is 0 Å². The Kier molecular flexibility index (Phi) is 3.11. The van der Waals surface area contributed by atoms with Crippen molar-refractivity contribution in [3.05, 3.63) is 23.6 Å². The van der Waals surface area contributed by atoms with Crippen molar-refractivity contribution in [1.29, 1.82) is 0 Å². The van der Waals surface area contributed by atoms with Crippen LogP contribution in [0.5, 0.6) is 0 Å². The first-order valence-electron chi connectivity index (χ1n) is 5.86. The second-order valence-electron chi connectivity index (χ2n) is 4.54. The molecule has 0 bridgehead atoms. The Balaban J connectivity index is 1.86. The highest BCUT2D eigenvalue weighted by Gasteiger charge is 2.38. The number of aromatic nitrogens is 2. The molecule has 1 aliphatic heterocycles. The molecule has 0 aromatic carbocycles. The molecule has 9 heteroatoms. The van der Waals surface area contributed by atoms with Gasteiger partial charge in [0.05, 0.1) is 10.6 Å². The molecule has 1 atom stereocenters. The summed E-state index contributed by atoms with van der Waals surface area (Å²) in [5.41, 5.74) is 0.793. The van der Waals surface area contributed by atoms with Crippen LogP contribution in [-0.2, 0) is 14.8 Å². The number of hydrogen-bond donors (Lipinski definition) is 2. The largest absolute Gasteiger partial charge is 0.294 e. The van der Waals surface area contributed by atoms with Crippen molar-refractivity contribution < 1.29 is 13.2 Å². The van der Waals surface area contributed by atoms with Crippen LogP contribution in [0, 0.1) is 0 Å². The Labute approximate surface area is 119 Å². The zero-order valence-electron chi connectivity index (χ0n) is 10.3. The second kappa shape index (κ2) is 4.69. The molecule has 0 saturated carbocycles. The van der Waals surface area contributed by atoms with Gasteiger partial charge in [0.2, 0.25) is 15.9 Å². The Morgan fingerprint density at radius 2 is 2.30 bits per heavy atom. The molecular formula is C11H12N4O3S2. The molecule has 1 amide bonds. The van der Waals surface area contributed by atoms with Gasteiger partial charge in [0.1, 0.15) is 5.25 Å². The van der Waals surface area contributed by atoms with E-state index in [1.54, 1.807) is 17.4 Å². The first-order chi connectivity index (χ1) is 9.45. The van der Waals surface area contributed by atoms with Crippen molar-refractivity contribution in [1.82, 2.24) is 10.2 Å². The summed E-state index contributed by atoms with van der Waals surface area (Å²) in [6, 6.07) is 5.58. The number of thiophene rings is 1. The predicted molar refractivity (Wildman–Crippen MR) is 75.8 cm³/mol. The van der Waals surface area contributed by atoms with Crippen molar-refractivity contribution in [3.8, 4) is 10.6 Å². The van der Waals surface area contributed by atoms with E-state index in [-0.39, 0.29) is 18.9 Å². The quantitative estimate of drug-likeness (QED) is 0.861. The monoisotopic (exact) mass is 312 g/mol. The predicted octanol–water partition coefficient (Wildman–Crippen LogP) is 0.532. The van der Waals surface area contributed by atoms with Crippen molar-refractivity contribution >= 4 is 33.1 Å². The van der Waals surface area contributed by atoms with E-state index in [1.807, 2.05) is 17.5 Å². The van der Waals surface area contributed by atoms with E-state index in [4.69, 9.17) is 5.14 Å². The van der Waals surface area contributed by atoms with Crippen molar-refractivity contribution in [2.75, 3.05) is 11.4 Å². The van der Waals surface area contributed by atoms with Crippen LogP contribution in [0.25, 0.3) is 10.6 Å². The molecule has 0 aliphatic carbocycles. The van der Waals surface area contributed by atoms with Crippen LogP contribution in [0.2, 0.25) is 0 Å². The van der Waals surface area contributed by atoms with Crippen molar-refractivity contribution in [3.63, 3.8) is 0 Å². The number of sulfonamides is 1. The number of anilines is 1. The molecule has 2 aromatic heterocycles. The Morgan fingerprint density at radius 3 is 2.90 bits per heavy atom. The zero-order chi connectivity index (χ0) is 14.3. The number of amides is 1. The number of rotatable bonds is 3. The standard InChI is InChI=1S/C11H12N4O3S2/c12-20(17,18)7-4-11(16)15(6-7)10-5-8(13-14-10)9-2-1-3-19-9/h1-3,5,7H,4,6H2,(H,13,14)(H2,12,17,18). The highest BCUT2D eigenvalue weighted by Crippen LogP contribution is 2.28. The van der Waals surface area contributed by atoms with Gasteiger partial charge in [-0.15, -0.1) is 11.3 Å². The molecule has 1 saturated heterocycles. The summed E-state index contributed by atoms with van der Waals surface area (Å²) in [6.07, 6.45) is -0.0972. The molecule has 1 unspecified atom stereocenters. The van der Waals surface area contributed by atoms with Crippen LogP contribution in [0.3, 0.4) is 0 Å². The van der Waals surface area contributed by atoms with Gasteiger partial charge in [-0.25, -0.2) is 13.6 Å². The first-order valence-corrected chi connectivity index (χ1v) is 8.35. The minimum Gasteiger partial charge on any atom is -0.294 e. The zero-order valence-corrected chi connectivity index (χ0v) is 11.9. The molecular weight excluding hydrogens is 300 g/mol. The number of nitrogens with zero attached hydrogens (tertiary/aromatic N) is 2. The summed E-state index contributed by atoms with van der Waals surface area (Å²) in [5, 5.41) is 13.1. The number of primary sulfonamides is 1. The molecule has 1 fully saturated rings. The Hall–Kier alpha value is -1.71. The summed E-state index contributed by atoms with van der Waals surface area (Å²) in [4.78, 5) is 14.2. The van der Waals surface area contributed by atoms with E-state index >= 15 is 0 Å². The smallest absolute Gasteiger partial charge is 0.229 e. The molecule has 0 spiro atoms. The number of aromatic amines is 1. The van der Waals surface area contributed by atoms with Gasteiger partial charge in [-0.3, -0.25) is 14.8 Å². The lowest BCUT2D eigenvalue weighted by Crippen LogP contribution is -2.32. The normalized spacial score (nSPS) is 19.8. The van der Waals surface area contributed by atoms with Crippen molar-refractivity contribution in [2.45, 2.75) is 11.7 Å². The summed E-state index contributed by atoms with van der Waals surface area (Å²) in [5.74, 6) is 0.137. The number of hydrogen-bond acceptors (Lipinski definition) is 5. The fourth-order valence-electron chi connectivity index (χ4n) is 2.12. The third kappa shape index (κ3) is 2.35. The van der Waals surface area contributed by atoms with Crippen LogP contribution >= 0.6 is 11.3 Å². The molecule has 0 radical (unpaired) electrons. The Morgan fingerprint density at radius 1 is 1.50 bits per heavy atom.